The molecular weight excluding hydrogens is 258 g/mol. The van der Waals surface area contributed by atoms with E-state index in [-0.39, 0.29) is 0 Å². The summed E-state index contributed by atoms with van der Waals surface area (Å²) in [5.74, 6) is 8.30. The molecule has 0 aromatic carbocycles. The topological polar surface area (TPSA) is 22.1 Å². The third-order valence-corrected chi connectivity index (χ3v) is 3.62. The lowest BCUT2D eigenvalue weighted by Crippen LogP contribution is -2.23. The summed E-state index contributed by atoms with van der Waals surface area (Å²) in [5, 5.41) is 0. The van der Waals surface area contributed by atoms with Crippen LogP contribution in [0, 0.1) is 17.8 Å². The molecule has 2 rings (SSSR count). The van der Waals surface area contributed by atoms with Crippen molar-refractivity contribution in [2.45, 2.75) is 45.1 Å². The van der Waals surface area contributed by atoms with Crippen LogP contribution in [0.2, 0.25) is 0 Å². The van der Waals surface area contributed by atoms with Gasteiger partial charge in [-0.2, -0.15) is 0 Å². The minimum Gasteiger partial charge on any atom is -0.489 e. The Bertz CT molecular complexity index is 455. The first-order valence-corrected chi connectivity index (χ1v) is 7.48. The first kappa shape index (κ1) is 14.2. The van der Waals surface area contributed by atoms with Crippen molar-refractivity contribution < 1.29 is 4.74 Å². The molecular formula is C16H20ClNO. The molecule has 1 aliphatic carbocycles. The summed E-state index contributed by atoms with van der Waals surface area (Å²) in [6, 6.07) is 1.96. The monoisotopic (exact) mass is 277 g/mol. The molecule has 0 N–H and O–H groups in total. The number of rotatable bonds is 3. The number of nitrogens with zero attached hydrogens (tertiary/aromatic N) is 1. The number of alkyl halides is 1. The summed E-state index contributed by atoms with van der Waals surface area (Å²) in [4.78, 5) is 4.18. The smallest absolute Gasteiger partial charge is 0.139 e. The van der Waals surface area contributed by atoms with Crippen LogP contribution in [0.4, 0.5) is 0 Å². The van der Waals surface area contributed by atoms with Gasteiger partial charge in [0.05, 0.1) is 12.3 Å². The largest absolute Gasteiger partial charge is 0.489 e. The Morgan fingerprint density at radius 1 is 1.32 bits per heavy atom. The maximum absolute atomic E-state index is 5.99. The van der Waals surface area contributed by atoms with Gasteiger partial charge in [-0.1, -0.05) is 18.8 Å². The van der Waals surface area contributed by atoms with Crippen LogP contribution in [0.15, 0.2) is 18.5 Å². The lowest BCUT2D eigenvalue weighted by Gasteiger charge is -2.26. The van der Waals surface area contributed by atoms with Crippen molar-refractivity contribution in [3.8, 4) is 17.6 Å². The Morgan fingerprint density at radius 3 is 2.84 bits per heavy atom. The minimum absolute atomic E-state index is 0.337. The van der Waals surface area contributed by atoms with Crippen molar-refractivity contribution in [1.82, 2.24) is 4.98 Å². The van der Waals surface area contributed by atoms with E-state index < -0.39 is 0 Å². The first-order valence-electron chi connectivity index (χ1n) is 6.94. The molecule has 1 saturated carbocycles. The number of ether oxygens (including phenoxy) is 1. The quantitative estimate of drug-likeness (QED) is 0.615. The van der Waals surface area contributed by atoms with E-state index in [9.17, 15) is 0 Å². The van der Waals surface area contributed by atoms with Crippen LogP contribution >= 0.6 is 11.6 Å². The average molecular weight is 278 g/mol. The molecule has 1 aliphatic rings. The van der Waals surface area contributed by atoms with Gasteiger partial charge in [0.15, 0.2) is 0 Å². The molecule has 1 aromatic rings. The van der Waals surface area contributed by atoms with Crippen molar-refractivity contribution in [3.63, 3.8) is 0 Å². The van der Waals surface area contributed by atoms with Crippen LogP contribution in [0.1, 0.15) is 44.6 Å². The van der Waals surface area contributed by atoms with E-state index in [2.05, 4.69) is 23.7 Å². The summed E-state index contributed by atoms with van der Waals surface area (Å²) in [5.41, 5.74) is 0.895. The van der Waals surface area contributed by atoms with Crippen LogP contribution in [0.3, 0.4) is 0 Å². The van der Waals surface area contributed by atoms with Gasteiger partial charge in [-0.25, -0.2) is 0 Å². The molecule has 3 heteroatoms. The van der Waals surface area contributed by atoms with Gasteiger partial charge in [-0.15, -0.1) is 11.6 Å². The highest BCUT2D eigenvalue weighted by Gasteiger charge is 2.19. The highest BCUT2D eigenvalue weighted by Crippen LogP contribution is 2.27. The molecule has 1 heterocycles. The molecule has 19 heavy (non-hydrogen) atoms. The molecule has 0 aliphatic heterocycles. The van der Waals surface area contributed by atoms with Gasteiger partial charge in [-0.3, -0.25) is 4.98 Å². The van der Waals surface area contributed by atoms with Gasteiger partial charge in [0.2, 0.25) is 0 Å². The normalized spacial score (nSPS) is 22.4. The average Bonchev–Trinajstić information content (AvgIpc) is 2.42. The number of pyridine rings is 1. The van der Waals surface area contributed by atoms with E-state index in [1.165, 1.54) is 12.8 Å². The standard InChI is InChI=1S/C16H20ClNO/c1-13-5-7-15(8-6-13)19-16-10-14(11-18-12-16)4-2-3-9-17/h10-13,15H,3,5-9H2,1H3. The highest BCUT2D eigenvalue weighted by atomic mass is 35.5. The number of aromatic nitrogens is 1. The van der Waals surface area contributed by atoms with E-state index >= 15 is 0 Å². The van der Waals surface area contributed by atoms with Gasteiger partial charge < -0.3 is 4.74 Å². The van der Waals surface area contributed by atoms with Crippen LogP contribution in [0.5, 0.6) is 5.75 Å². The molecule has 0 atom stereocenters. The second kappa shape index (κ2) is 7.40. The fourth-order valence-corrected chi connectivity index (χ4v) is 2.40. The fourth-order valence-electron chi connectivity index (χ4n) is 2.30. The highest BCUT2D eigenvalue weighted by molar-refractivity contribution is 6.18. The molecule has 0 saturated heterocycles. The summed E-state index contributed by atoms with van der Waals surface area (Å²) >= 11 is 5.60. The third kappa shape index (κ3) is 4.76. The third-order valence-electron chi connectivity index (χ3n) is 3.43. The molecule has 102 valence electrons. The number of hydrogen-bond acceptors (Lipinski definition) is 2. The summed E-state index contributed by atoms with van der Waals surface area (Å²) in [7, 11) is 0. The number of halogens is 1. The predicted molar refractivity (Wildman–Crippen MR) is 78.5 cm³/mol. The van der Waals surface area contributed by atoms with E-state index in [0.29, 0.717) is 18.4 Å². The Labute approximate surface area is 120 Å². The lowest BCUT2D eigenvalue weighted by molar-refractivity contribution is 0.135. The lowest BCUT2D eigenvalue weighted by atomic mass is 9.89. The Kier molecular flexibility index (Phi) is 5.54. The zero-order chi connectivity index (χ0) is 13.5. The van der Waals surface area contributed by atoms with Gasteiger partial charge in [0.1, 0.15) is 5.75 Å². The first-order chi connectivity index (χ1) is 9.28. The second-order valence-corrected chi connectivity index (χ2v) is 5.53. The molecule has 0 radical (unpaired) electrons. The Morgan fingerprint density at radius 2 is 2.11 bits per heavy atom. The van der Waals surface area contributed by atoms with E-state index in [1.54, 1.807) is 12.4 Å². The van der Waals surface area contributed by atoms with Crippen molar-refractivity contribution >= 4 is 11.6 Å². The van der Waals surface area contributed by atoms with Crippen LogP contribution in [-0.2, 0) is 0 Å². The van der Waals surface area contributed by atoms with Crippen LogP contribution < -0.4 is 4.74 Å². The SMILES string of the molecule is CC1CCC(Oc2cncc(C#CCCCl)c2)CC1. The zero-order valence-corrected chi connectivity index (χ0v) is 12.1. The maximum atomic E-state index is 5.99. The number of hydrogen-bond donors (Lipinski definition) is 0. The predicted octanol–water partition coefficient (Wildman–Crippen LogP) is 4.02. The molecule has 2 nitrogen and oxygen atoms in total. The van der Waals surface area contributed by atoms with Crippen molar-refractivity contribution in [2.24, 2.45) is 5.92 Å². The van der Waals surface area contributed by atoms with Gasteiger partial charge in [-0.05, 0) is 37.7 Å². The van der Waals surface area contributed by atoms with Crippen molar-refractivity contribution in [1.29, 1.82) is 0 Å². The van der Waals surface area contributed by atoms with Crippen LogP contribution in [-0.4, -0.2) is 17.0 Å². The second-order valence-electron chi connectivity index (χ2n) is 5.15. The summed E-state index contributed by atoms with van der Waals surface area (Å²) < 4.78 is 5.99. The summed E-state index contributed by atoms with van der Waals surface area (Å²) in [6.07, 6.45) is 9.37. The van der Waals surface area contributed by atoms with E-state index in [1.807, 2.05) is 6.07 Å². The molecule has 1 fully saturated rings. The van der Waals surface area contributed by atoms with E-state index in [0.717, 1.165) is 30.1 Å². The maximum Gasteiger partial charge on any atom is 0.139 e. The van der Waals surface area contributed by atoms with Crippen molar-refractivity contribution in [3.05, 3.63) is 24.0 Å². The molecule has 1 aromatic heterocycles. The van der Waals surface area contributed by atoms with E-state index in [4.69, 9.17) is 16.3 Å². The summed E-state index contributed by atoms with van der Waals surface area (Å²) in [6.45, 7) is 2.31. The molecule has 0 unspecified atom stereocenters. The van der Waals surface area contributed by atoms with Crippen LogP contribution in [0.25, 0.3) is 0 Å². The Hall–Kier alpha value is -1.20. The Balaban J connectivity index is 1.94. The molecule has 0 amide bonds. The van der Waals surface area contributed by atoms with Crippen molar-refractivity contribution in [2.75, 3.05) is 5.88 Å². The van der Waals surface area contributed by atoms with Gasteiger partial charge in [0.25, 0.3) is 0 Å². The van der Waals surface area contributed by atoms with Gasteiger partial charge >= 0.3 is 0 Å². The molecule has 0 bridgehead atoms. The zero-order valence-electron chi connectivity index (χ0n) is 11.4. The fraction of sp³-hybridized carbons (Fsp3) is 0.562. The molecule has 0 spiro atoms. The minimum atomic E-state index is 0.337. The van der Waals surface area contributed by atoms with Gasteiger partial charge in [0, 0.05) is 24.1 Å².